The molecule has 128 valence electrons. The van der Waals surface area contributed by atoms with Crippen molar-refractivity contribution in [3.63, 3.8) is 0 Å². The van der Waals surface area contributed by atoms with Gasteiger partial charge in [0, 0.05) is 6.54 Å². The molecule has 6 nitrogen and oxygen atoms in total. The monoisotopic (exact) mass is 340 g/mol. The van der Waals surface area contributed by atoms with Crippen molar-refractivity contribution < 1.29 is 14.3 Å². The summed E-state index contributed by atoms with van der Waals surface area (Å²) in [4.78, 5) is 13.7. The summed E-state index contributed by atoms with van der Waals surface area (Å²) in [6, 6.07) is 13.3. The SMILES string of the molecule is Cc1ccc(-n2nc(CO)c(C(=O)NCc3ccc(F)cc3)n2)cc1. The van der Waals surface area contributed by atoms with Crippen LogP contribution in [-0.4, -0.2) is 26.0 Å². The molecule has 0 spiro atoms. The van der Waals surface area contributed by atoms with Crippen LogP contribution in [-0.2, 0) is 13.2 Å². The number of hydrogen-bond acceptors (Lipinski definition) is 4. The van der Waals surface area contributed by atoms with Gasteiger partial charge in [-0.1, -0.05) is 29.8 Å². The quantitative estimate of drug-likeness (QED) is 0.746. The number of carbonyl (C=O) groups excluding carboxylic acids is 1. The molecule has 0 aliphatic heterocycles. The molecule has 0 bridgehead atoms. The van der Waals surface area contributed by atoms with Crippen molar-refractivity contribution in [2.75, 3.05) is 0 Å². The summed E-state index contributed by atoms with van der Waals surface area (Å²) in [5.41, 5.74) is 2.79. The molecule has 0 radical (unpaired) electrons. The van der Waals surface area contributed by atoms with Crippen molar-refractivity contribution in [2.24, 2.45) is 0 Å². The van der Waals surface area contributed by atoms with Crippen LogP contribution >= 0.6 is 0 Å². The third-order valence-electron chi connectivity index (χ3n) is 3.68. The molecule has 0 atom stereocenters. The maximum Gasteiger partial charge on any atom is 0.274 e. The van der Waals surface area contributed by atoms with E-state index in [0.717, 1.165) is 11.1 Å². The Kier molecular flexibility index (Phi) is 4.85. The number of aromatic nitrogens is 3. The van der Waals surface area contributed by atoms with Crippen LogP contribution < -0.4 is 5.32 Å². The van der Waals surface area contributed by atoms with Gasteiger partial charge < -0.3 is 10.4 Å². The Bertz CT molecular complexity index is 873. The molecule has 0 fully saturated rings. The van der Waals surface area contributed by atoms with E-state index in [4.69, 9.17) is 0 Å². The molecule has 1 amide bonds. The van der Waals surface area contributed by atoms with Crippen LogP contribution in [0.1, 0.15) is 27.3 Å². The second kappa shape index (κ2) is 7.23. The third-order valence-corrected chi connectivity index (χ3v) is 3.68. The summed E-state index contributed by atoms with van der Waals surface area (Å²) in [6.45, 7) is 1.79. The average molecular weight is 340 g/mol. The van der Waals surface area contributed by atoms with Crippen LogP contribution in [0.5, 0.6) is 0 Å². The first-order chi connectivity index (χ1) is 12.1. The number of carbonyl (C=O) groups is 1. The van der Waals surface area contributed by atoms with Crippen LogP contribution in [0.4, 0.5) is 4.39 Å². The Morgan fingerprint density at radius 2 is 1.80 bits per heavy atom. The van der Waals surface area contributed by atoms with Crippen molar-refractivity contribution in [3.8, 4) is 5.69 Å². The van der Waals surface area contributed by atoms with E-state index in [0.29, 0.717) is 5.69 Å². The number of amides is 1. The van der Waals surface area contributed by atoms with E-state index < -0.39 is 12.5 Å². The number of aliphatic hydroxyl groups is 1. The molecule has 1 aromatic heterocycles. The maximum atomic E-state index is 12.9. The highest BCUT2D eigenvalue weighted by Crippen LogP contribution is 2.11. The summed E-state index contributed by atoms with van der Waals surface area (Å²) in [7, 11) is 0. The zero-order chi connectivity index (χ0) is 17.8. The molecule has 25 heavy (non-hydrogen) atoms. The summed E-state index contributed by atoms with van der Waals surface area (Å²) in [5, 5.41) is 20.5. The molecule has 2 aromatic carbocycles. The molecular weight excluding hydrogens is 323 g/mol. The lowest BCUT2D eigenvalue weighted by atomic mass is 10.2. The van der Waals surface area contributed by atoms with E-state index in [1.54, 1.807) is 12.1 Å². The fraction of sp³-hybridized carbons (Fsp3) is 0.167. The lowest BCUT2D eigenvalue weighted by Crippen LogP contribution is -2.24. The number of benzene rings is 2. The molecule has 0 aliphatic rings. The fourth-order valence-electron chi connectivity index (χ4n) is 2.28. The number of halogens is 1. The average Bonchev–Trinajstić information content (AvgIpc) is 3.06. The first-order valence-corrected chi connectivity index (χ1v) is 7.73. The van der Waals surface area contributed by atoms with Crippen molar-refractivity contribution in [2.45, 2.75) is 20.1 Å². The number of hydrogen-bond donors (Lipinski definition) is 2. The number of aryl methyl sites for hydroxylation is 1. The first-order valence-electron chi connectivity index (χ1n) is 7.73. The number of aliphatic hydroxyl groups excluding tert-OH is 1. The number of rotatable bonds is 5. The molecule has 0 saturated heterocycles. The van der Waals surface area contributed by atoms with E-state index in [1.165, 1.54) is 16.9 Å². The number of nitrogens with zero attached hydrogens (tertiary/aromatic N) is 3. The molecule has 0 unspecified atom stereocenters. The van der Waals surface area contributed by atoms with Gasteiger partial charge in [0.2, 0.25) is 0 Å². The van der Waals surface area contributed by atoms with E-state index in [-0.39, 0.29) is 23.7 Å². The van der Waals surface area contributed by atoms with E-state index in [2.05, 4.69) is 15.5 Å². The van der Waals surface area contributed by atoms with Gasteiger partial charge >= 0.3 is 0 Å². The molecule has 3 rings (SSSR count). The molecule has 3 aromatic rings. The zero-order valence-electron chi connectivity index (χ0n) is 13.6. The van der Waals surface area contributed by atoms with Crippen LogP contribution in [0.3, 0.4) is 0 Å². The van der Waals surface area contributed by atoms with Crippen molar-refractivity contribution in [1.82, 2.24) is 20.3 Å². The zero-order valence-corrected chi connectivity index (χ0v) is 13.6. The summed E-state index contributed by atoms with van der Waals surface area (Å²) >= 11 is 0. The highest BCUT2D eigenvalue weighted by molar-refractivity contribution is 5.93. The van der Waals surface area contributed by atoms with E-state index >= 15 is 0 Å². The van der Waals surface area contributed by atoms with Crippen LogP contribution in [0.25, 0.3) is 5.69 Å². The predicted molar refractivity (Wildman–Crippen MR) is 89.6 cm³/mol. The smallest absolute Gasteiger partial charge is 0.274 e. The van der Waals surface area contributed by atoms with Gasteiger partial charge in [0.05, 0.1) is 12.3 Å². The molecule has 7 heteroatoms. The lowest BCUT2D eigenvalue weighted by molar-refractivity contribution is 0.0942. The van der Waals surface area contributed by atoms with Crippen molar-refractivity contribution in [1.29, 1.82) is 0 Å². The normalized spacial score (nSPS) is 10.7. The highest BCUT2D eigenvalue weighted by atomic mass is 19.1. The second-order valence-corrected chi connectivity index (χ2v) is 5.59. The van der Waals surface area contributed by atoms with E-state index in [1.807, 2.05) is 31.2 Å². The molecule has 2 N–H and O–H groups in total. The van der Waals surface area contributed by atoms with Gasteiger partial charge in [-0.05, 0) is 36.8 Å². The van der Waals surface area contributed by atoms with Gasteiger partial charge in [0.1, 0.15) is 11.5 Å². The third kappa shape index (κ3) is 3.89. The molecule has 1 heterocycles. The Morgan fingerprint density at radius 3 is 2.44 bits per heavy atom. The van der Waals surface area contributed by atoms with Crippen LogP contribution in [0.15, 0.2) is 48.5 Å². The first kappa shape index (κ1) is 16.8. The van der Waals surface area contributed by atoms with Crippen LogP contribution in [0, 0.1) is 12.7 Å². The minimum atomic E-state index is -0.452. The second-order valence-electron chi connectivity index (χ2n) is 5.59. The minimum Gasteiger partial charge on any atom is -0.390 e. The molecular formula is C18H17FN4O2. The van der Waals surface area contributed by atoms with Crippen LogP contribution in [0.2, 0.25) is 0 Å². The van der Waals surface area contributed by atoms with E-state index in [9.17, 15) is 14.3 Å². The standard InChI is InChI=1S/C18H17FN4O2/c1-12-2-8-15(9-3-12)23-21-16(11-24)17(22-23)18(25)20-10-13-4-6-14(19)7-5-13/h2-9,24H,10-11H2,1H3,(H,20,25). The number of nitrogens with one attached hydrogen (secondary N) is 1. The Hall–Kier alpha value is -3.06. The van der Waals surface area contributed by atoms with Gasteiger partial charge in [-0.3, -0.25) is 4.79 Å². The summed E-state index contributed by atoms with van der Waals surface area (Å²) in [5.74, 6) is -0.787. The van der Waals surface area contributed by atoms with Crippen molar-refractivity contribution >= 4 is 5.91 Å². The lowest BCUT2D eigenvalue weighted by Gasteiger charge is -2.04. The Labute approximate surface area is 143 Å². The van der Waals surface area contributed by atoms with Gasteiger partial charge in [-0.25, -0.2) is 4.39 Å². The van der Waals surface area contributed by atoms with Gasteiger partial charge in [0.25, 0.3) is 5.91 Å². The Balaban J connectivity index is 1.77. The minimum absolute atomic E-state index is 0.0604. The predicted octanol–water partition coefficient (Wildman–Crippen LogP) is 2.14. The maximum absolute atomic E-state index is 12.9. The van der Waals surface area contributed by atoms with Gasteiger partial charge in [-0.15, -0.1) is 10.2 Å². The summed E-state index contributed by atoms with van der Waals surface area (Å²) < 4.78 is 12.9. The topological polar surface area (TPSA) is 80.0 Å². The molecule has 0 aliphatic carbocycles. The summed E-state index contributed by atoms with van der Waals surface area (Å²) in [6.07, 6.45) is 0. The Morgan fingerprint density at radius 1 is 1.12 bits per heavy atom. The van der Waals surface area contributed by atoms with Gasteiger partial charge in [0.15, 0.2) is 5.69 Å². The van der Waals surface area contributed by atoms with Gasteiger partial charge in [-0.2, -0.15) is 4.80 Å². The largest absolute Gasteiger partial charge is 0.390 e. The van der Waals surface area contributed by atoms with Crippen molar-refractivity contribution in [3.05, 3.63) is 76.9 Å². The fourth-order valence-corrected chi connectivity index (χ4v) is 2.28. The highest BCUT2D eigenvalue weighted by Gasteiger charge is 2.18. The molecule has 0 saturated carbocycles.